The molecule has 1 aliphatic carbocycles. The lowest BCUT2D eigenvalue weighted by Crippen LogP contribution is -2.24. The van der Waals surface area contributed by atoms with E-state index in [0.717, 1.165) is 24.4 Å². The van der Waals surface area contributed by atoms with Gasteiger partial charge in [-0.1, -0.05) is 43.6 Å². The van der Waals surface area contributed by atoms with Crippen molar-refractivity contribution in [2.75, 3.05) is 13.1 Å². The standard InChI is InChI=1S/C18H24N2O/c19-12-4-9-16-8-3-11-17(14-16)18(21)20-13-5-10-15-6-1-2-7-15/h3,8,11,14-15H,1-2,5-7,10,12-13,19H2,(H,20,21). The summed E-state index contributed by atoms with van der Waals surface area (Å²) in [6.07, 6.45) is 7.82. The predicted octanol–water partition coefficient (Wildman–Crippen LogP) is 2.70. The molecule has 0 atom stereocenters. The van der Waals surface area contributed by atoms with E-state index < -0.39 is 0 Å². The molecule has 1 amide bonds. The lowest BCUT2D eigenvalue weighted by Gasteiger charge is -2.09. The molecule has 3 N–H and O–H groups in total. The zero-order valence-corrected chi connectivity index (χ0v) is 12.5. The lowest BCUT2D eigenvalue weighted by atomic mass is 10.0. The molecule has 0 unspecified atom stereocenters. The first kappa shape index (κ1) is 15.6. The van der Waals surface area contributed by atoms with Crippen LogP contribution in [0.1, 0.15) is 54.4 Å². The molecule has 1 aliphatic rings. The Balaban J connectivity index is 1.77. The van der Waals surface area contributed by atoms with E-state index in [1.807, 2.05) is 24.3 Å². The van der Waals surface area contributed by atoms with Crippen LogP contribution in [0, 0.1) is 17.8 Å². The zero-order valence-electron chi connectivity index (χ0n) is 12.5. The van der Waals surface area contributed by atoms with Gasteiger partial charge >= 0.3 is 0 Å². The number of rotatable bonds is 5. The van der Waals surface area contributed by atoms with Gasteiger partial charge in [-0.2, -0.15) is 0 Å². The molecule has 112 valence electrons. The fraction of sp³-hybridized carbons (Fsp3) is 0.500. The number of nitrogens with two attached hydrogens (primary N) is 1. The highest BCUT2D eigenvalue weighted by atomic mass is 16.1. The van der Waals surface area contributed by atoms with E-state index >= 15 is 0 Å². The number of amides is 1. The molecule has 1 saturated carbocycles. The largest absolute Gasteiger partial charge is 0.352 e. The summed E-state index contributed by atoms with van der Waals surface area (Å²) >= 11 is 0. The number of carbonyl (C=O) groups excluding carboxylic acids is 1. The topological polar surface area (TPSA) is 55.1 Å². The highest BCUT2D eigenvalue weighted by Gasteiger charge is 2.14. The van der Waals surface area contributed by atoms with Crippen LogP contribution in [0.3, 0.4) is 0 Å². The van der Waals surface area contributed by atoms with Gasteiger partial charge in [0.25, 0.3) is 5.91 Å². The second kappa shape index (κ2) is 8.49. The van der Waals surface area contributed by atoms with Crippen LogP contribution in [0.15, 0.2) is 24.3 Å². The van der Waals surface area contributed by atoms with Crippen LogP contribution < -0.4 is 11.1 Å². The van der Waals surface area contributed by atoms with Crippen molar-refractivity contribution in [2.24, 2.45) is 11.7 Å². The summed E-state index contributed by atoms with van der Waals surface area (Å²) in [4.78, 5) is 12.1. The van der Waals surface area contributed by atoms with E-state index in [0.29, 0.717) is 12.1 Å². The summed E-state index contributed by atoms with van der Waals surface area (Å²) < 4.78 is 0. The molecule has 3 heteroatoms. The van der Waals surface area contributed by atoms with E-state index in [4.69, 9.17) is 5.73 Å². The summed E-state index contributed by atoms with van der Waals surface area (Å²) in [5.41, 5.74) is 6.85. The van der Waals surface area contributed by atoms with E-state index in [1.54, 1.807) is 0 Å². The van der Waals surface area contributed by atoms with Gasteiger partial charge in [-0.3, -0.25) is 4.79 Å². The molecule has 0 aromatic heterocycles. The Morgan fingerprint density at radius 2 is 2.14 bits per heavy atom. The van der Waals surface area contributed by atoms with Crippen molar-refractivity contribution < 1.29 is 4.79 Å². The minimum Gasteiger partial charge on any atom is -0.352 e. The Labute approximate surface area is 127 Å². The molecule has 0 saturated heterocycles. The number of nitrogens with one attached hydrogen (secondary N) is 1. The van der Waals surface area contributed by atoms with Gasteiger partial charge in [0, 0.05) is 17.7 Å². The maximum absolute atomic E-state index is 12.1. The number of carbonyl (C=O) groups is 1. The van der Waals surface area contributed by atoms with Crippen molar-refractivity contribution in [1.29, 1.82) is 0 Å². The van der Waals surface area contributed by atoms with Crippen molar-refractivity contribution in [3.63, 3.8) is 0 Å². The Bertz CT molecular complexity index is 522. The summed E-state index contributed by atoms with van der Waals surface area (Å²) in [6.45, 7) is 1.09. The Morgan fingerprint density at radius 3 is 2.90 bits per heavy atom. The maximum Gasteiger partial charge on any atom is 0.251 e. The van der Waals surface area contributed by atoms with Gasteiger partial charge in [-0.05, 0) is 37.0 Å². The first-order chi connectivity index (χ1) is 10.3. The van der Waals surface area contributed by atoms with Crippen LogP contribution in [-0.4, -0.2) is 19.0 Å². The Kier molecular flexibility index (Phi) is 6.30. The third-order valence-electron chi connectivity index (χ3n) is 4.01. The molecule has 0 aliphatic heterocycles. The minimum absolute atomic E-state index is 0.0159. The molecular formula is C18H24N2O. The molecule has 0 bridgehead atoms. The molecule has 21 heavy (non-hydrogen) atoms. The fourth-order valence-electron chi connectivity index (χ4n) is 2.89. The molecule has 1 fully saturated rings. The second-order valence-corrected chi connectivity index (χ2v) is 5.64. The fourth-order valence-corrected chi connectivity index (χ4v) is 2.89. The number of benzene rings is 1. The van der Waals surface area contributed by atoms with Crippen LogP contribution in [0.5, 0.6) is 0 Å². The second-order valence-electron chi connectivity index (χ2n) is 5.64. The third-order valence-corrected chi connectivity index (χ3v) is 4.01. The summed E-state index contributed by atoms with van der Waals surface area (Å²) in [6, 6.07) is 7.38. The molecule has 3 nitrogen and oxygen atoms in total. The minimum atomic E-state index is -0.0159. The highest BCUT2D eigenvalue weighted by Crippen LogP contribution is 2.28. The van der Waals surface area contributed by atoms with E-state index in [2.05, 4.69) is 17.2 Å². The molecule has 0 heterocycles. The average Bonchev–Trinajstić information content (AvgIpc) is 3.03. The first-order valence-electron chi connectivity index (χ1n) is 7.87. The van der Waals surface area contributed by atoms with Crippen molar-refractivity contribution >= 4 is 5.91 Å². The molecule has 1 aromatic carbocycles. The van der Waals surface area contributed by atoms with Crippen molar-refractivity contribution in [1.82, 2.24) is 5.32 Å². The molecule has 2 rings (SSSR count). The van der Waals surface area contributed by atoms with Gasteiger partial charge < -0.3 is 11.1 Å². The maximum atomic E-state index is 12.1. The predicted molar refractivity (Wildman–Crippen MR) is 85.9 cm³/mol. The smallest absolute Gasteiger partial charge is 0.251 e. The SMILES string of the molecule is NCC#Cc1cccc(C(=O)NCCCC2CCCC2)c1. The van der Waals surface area contributed by atoms with Crippen molar-refractivity contribution in [2.45, 2.75) is 38.5 Å². The van der Waals surface area contributed by atoms with Crippen LogP contribution in [-0.2, 0) is 0 Å². The lowest BCUT2D eigenvalue weighted by molar-refractivity contribution is 0.0952. The van der Waals surface area contributed by atoms with Crippen LogP contribution in [0.4, 0.5) is 0 Å². The van der Waals surface area contributed by atoms with Gasteiger partial charge in [-0.15, -0.1) is 0 Å². The Hall–Kier alpha value is -1.79. The Morgan fingerprint density at radius 1 is 1.33 bits per heavy atom. The van der Waals surface area contributed by atoms with Crippen LogP contribution in [0.2, 0.25) is 0 Å². The van der Waals surface area contributed by atoms with E-state index in [-0.39, 0.29) is 5.91 Å². The summed E-state index contributed by atoms with van der Waals surface area (Å²) in [5, 5.41) is 2.99. The molecular weight excluding hydrogens is 260 g/mol. The normalized spacial score (nSPS) is 14.5. The van der Waals surface area contributed by atoms with Gasteiger partial charge in [0.15, 0.2) is 0 Å². The van der Waals surface area contributed by atoms with Gasteiger partial charge in [-0.25, -0.2) is 0 Å². The van der Waals surface area contributed by atoms with E-state index in [9.17, 15) is 4.79 Å². The molecule has 0 radical (unpaired) electrons. The van der Waals surface area contributed by atoms with Gasteiger partial charge in [0.1, 0.15) is 0 Å². The van der Waals surface area contributed by atoms with Crippen molar-refractivity contribution in [3.05, 3.63) is 35.4 Å². The third kappa shape index (κ3) is 5.24. The average molecular weight is 284 g/mol. The van der Waals surface area contributed by atoms with Crippen LogP contribution >= 0.6 is 0 Å². The molecule has 1 aromatic rings. The number of hydrogen-bond donors (Lipinski definition) is 2. The molecule has 0 spiro atoms. The quantitative estimate of drug-likeness (QED) is 0.645. The summed E-state index contributed by atoms with van der Waals surface area (Å²) in [5.74, 6) is 6.62. The monoisotopic (exact) mass is 284 g/mol. The first-order valence-corrected chi connectivity index (χ1v) is 7.87. The number of hydrogen-bond acceptors (Lipinski definition) is 2. The highest BCUT2D eigenvalue weighted by molar-refractivity contribution is 5.94. The van der Waals surface area contributed by atoms with Crippen LogP contribution in [0.25, 0.3) is 0 Å². The zero-order chi connectivity index (χ0) is 14.9. The van der Waals surface area contributed by atoms with Crippen molar-refractivity contribution in [3.8, 4) is 11.8 Å². The van der Waals surface area contributed by atoms with Gasteiger partial charge in [0.2, 0.25) is 0 Å². The summed E-state index contributed by atoms with van der Waals surface area (Å²) in [7, 11) is 0. The van der Waals surface area contributed by atoms with E-state index in [1.165, 1.54) is 32.1 Å². The van der Waals surface area contributed by atoms with Gasteiger partial charge in [0.05, 0.1) is 6.54 Å².